The fourth-order valence-corrected chi connectivity index (χ4v) is 2.93. The Bertz CT molecular complexity index is 639. The average molecular weight is 298 g/mol. The zero-order chi connectivity index (χ0) is 15.5. The Labute approximate surface area is 131 Å². The molecular formula is C18H22N2O2. The van der Waals surface area contributed by atoms with Gasteiger partial charge in [-0.05, 0) is 57.1 Å². The van der Waals surface area contributed by atoms with Crippen molar-refractivity contribution in [2.24, 2.45) is 0 Å². The van der Waals surface area contributed by atoms with Gasteiger partial charge in [0.05, 0.1) is 0 Å². The summed E-state index contributed by atoms with van der Waals surface area (Å²) in [5, 5.41) is 3.33. The molecule has 0 spiro atoms. The van der Waals surface area contributed by atoms with Crippen LogP contribution in [0.15, 0.2) is 40.8 Å². The molecule has 1 aliphatic rings. The van der Waals surface area contributed by atoms with Gasteiger partial charge in [-0.1, -0.05) is 12.1 Å². The van der Waals surface area contributed by atoms with E-state index >= 15 is 0 Å². The molecule has 22 heavy (non-hydrogen) atoms. The minimum Gasteiger partial charge on any atom is -0.461 e. The first kappa shape index (κ1) is 14.9. The lowest BCUT2D eigenvalue weighted by Gasteiger charge is -2.31. The number of nitrogens with zero attached hydrogens (tertiary/aromatic N) is 1. The van der Waals surface area contributed by atoms with Crippen LogP contribution in [0.1, 0.15) is 29.0 Å². The molecule has 2 aromatic rings. The van der Waals surface area contributed by atoms with Crippen LogP contribution in [0.4, 0.5) is 0 Å². The van der Waals surface area contributed by atoms with E-state index in [2.05, 4.69) is 5.32 Å². The van der Waals surface area contributed by atoms with Crippen LogP contribution in [-0.4, -0.2) is 37.0 Å². The van der Waals surface area contributed by atoms with E-state index in [0.717, 1.165) is 48.6 Å². The molecule has 3 rings (SSSR count). The van der Waals surface area contributed by atoms with Crippen molar-refractivity contribution in [3.63, 3.8) is 0 Å². The van der Waals surface area contributed by atoms with Gasteiger partial charge in [-0.3, -0.25) is 4.79 Å². The van der Waals surface area contributed by atoms with E-state index in [1.807, 2.05) is 55.3 Å². The second kappa shape index (κ2) is 6.36. The number of rotatable bonds is 3. The molecule has 116 valence electrons. The first-order valence-electron chi connectivity index (χ1n) is 7.80. The zero-order valence-electron chi connectivity index (χ0n) is 13.1. The molecule has 4 nitrogen and oxygen atoms in total. The van der Waals surface area contributed by atoms with Crippen molar-refractivity contribution in [1.29, 1.82) is 0 Å². The average Bonchev–Trinajstić information content (AvgIpc) is 3.01. The van der Waals surface area contributed by atoms with Gasteiger partial charge in [0.2, 0.25) is 0 Å². The number of furan rings is 1. The highest BCUT2D eigenvalue weighted by Gasteiger charge is 2.22. The van der Waals surface area contributed by atoms with Crippen LogP contribution in [0, 0.1) is 6.92 Å². The molecule has 4 heteroatoms. The highest BCUT2D eigenvalue weighted by atomic mass is 16.3. The first-order valence-corrected chi connectivity index (χ1v) is 7.80. The maximum atomic E-state index is 12.6. The summed E-state index contributed by atoms with van der Waals surface area (Å²) in [6, 6.07) is 11.9. The summed E-state index contributed by atoms with van der Waals surface area (Å²) in [6.45, 7) is 3.90. The molecule has 0 saturated carbocycles. The summed E-state index contributed by atoms with van der Waals surface area (Å²) in [5.74, 6) is 1.82. The third-order valence-corrected chi connectivity index (χ3v) is 4.33. The third kappa shape index (κ3) is 3.07. The number of carbonyl (C=O) groups excluding carboxylic acids is 1. The molecule has 1 N–H and O–H groups in total. The summed E-state index contributed by atoms with van der Waals surface area (Å²) in [6.07, 6.45) is 2.04. The SMILES string of the molecule is Cc1ccc(-c2ccc(C(=O)N(C)C3CCNCC3)cc2)o1. The monoisotopic (exact) mass is 298 g/mol. The van der Waals surface area contributed by atoms with E-state index < -0.39 is 0 Å². The van der Waals surface area contributed by atoms with Gasteiger partial charge >= 0.3 is 0 Å². The van der Waals surface area contributed by atoms with Gasteiger partial charge in [0.15, 0.2) is 0 Å². The predicted molar refractivity (Wildman–Crippen MR) is 86.9 cm³/mol. The van der Waals surface area contributed by atoms with Crippen molar-refractivity contribution in [1.82, 2.24) is 10.2 Å². The van der Waals surface area contributed by atoms with E-state index in [0.29, 0.717) is 6.04 Å². The van der Waals surface area contributed by atoms with E-state index in [1.165, 1.54) is 0 Å². The molecule has 0 unspecified atom stereocenters. The Balaban J connectivity index is 1.73. The Hall–Kier alpha value is -2.07. The van der Waals surface area contributed by atoms with Crippen molar-refractivity contribution in [3.8, 4) is 11.3 Å². The van der Waals surface area contributed by atoms with E-state index in [9.17, 15) is 4.79 Å². The van der Waals surface area contributed by atoms with Gasteiger partial charge in [-0.2, -0.15) is 0 Å². The lowest BCUT2D eigenvalue weighted by atomic mass is 10.0. The fourth-order valence-electron chi connectivity index (χ4n) is 2.93. The van der Waals surface area contributed by atoms with E-state index in [-0.39, 0.29) is 5.91 Å². The summed E-state index contributed by atoms with van der Waals surface area (Å²) >= 11 is 0. The van der Waals surface area contributed by atoms with Crippen LogP contribution < -0.4 is 5.32 Å². The summed E-state index contributed by atoms with van der Waals surface area (Å²) in [7, 11) is 1.90. The summed E-state index contributed by atoms with van der Waals surface area (Å²) in [4.78, 5) is 14.5. The van der Waals surface area contributed by atoms with Crippen LogP contribution in [0.2, 0.25) is 0 Å². The number of aryl methyl sites for hydroxylation is 1. The standard InChI is InChI=1S/C18H22N2O2/c1-13-3-8-17(22-13)14-4-6-15(7-5-14)18(21)20(2)16-9-11-19-12-10-16/h3-8,16,19H,9-12H2,1-2H3. The second-order valence-electron chi connectivity index (χ2n) is 5.88. The topological polar surface area (TPSA) is 45.5 Å². The van der Waals surface area contributed by atoms with Gasteiger partial charge in [0, 0.05) is 24.2 Å². The van der Waals surface area contributed by atoms with Crippen molar-refractivity contribution in [2.75, 3.05) is 20.1 Å². The second-order valence-corrected chi connectivity index (χ2v) is 5.88. The maximum Gasteiger partial charge on any atom is 0.253 e. The molecule has 1 amide bonds. The number of amides is 1. The molecule has 0 bridgehead atoms. The number of carbonyl (C=O) groups is 1. The van der Waals surface area contributed by atoms with Crippen molar-refractivity contribution in [3.05, 3.63) is 47.7 Å². The van der Waals surface area contributed by atoms with Crippen molar-refractivity contribution < 1.29 is 9.21 Å². The molecule has 2 heterocycles. The van der Waals surface area contributed by atoms with Crippen LogP contribution in [0.3, 0.4) is 0 Å². The summed E-state index contributed by atoms with van der Waals surface area (Å²) in [5.41, 5.74) is 1.72. The molecule has 1 aromatic heterocycles. The first-order chi connectivity index (χ1) is 10.6. The quantitative estimate of drug-likeness (QED) is 0.947. The van der Waals surface area contributed by atoms with Crippen molar-refractivity contribution >= 4 is 5.91 Å². The molecular weight excluding hydrogens is 276 g/mol. The predicted octanol–water partition coefficient (Wildman–Crippen LogP) is 3.08. The molecule has 0 radical (unpaired) electrons. The number of hydrogen-bond acceptors (Lipinski definition) is 3. The zero-order valence-corrected chi connectivity index (χ0v) is 13.1. The molecule has 1 fully saturated rings. The maximum absolute atomic E-state index is 12.6. The number of piperidine rings is 1. The number of benzene rings is 1. The number of nitrogens with one attached hydrogen (secondary N) is 1. The largest absolute Gasteiger partial charge is 0.461 e. The van der Waals surface area contributed by atoms with Crippen LogP contribution in [0.25, 0.3) is 11.3 Å². The van der Waals surface area contributed by atoms with Crippen LogP contribution in [0.5, 0.6) is 0 Å². The number of hydrogen-bond donors (Lipinski definition) is 1. The van der Waals surface area contributed by atoms with Gasteiger partial charge in [-0.15, -0.1) is 0 Å². The Kier molecular flexibility index (Phi) is 4.29. The molecule has 1 aromatic carbocycles. The Morgan fingerprint density at radius 3 is 2.41 bits per heavy atom. The fraction of sp³-hybridized carbons (Fsp3) is 0.389. The Morgan fingerprint density at radius 2 is 1.82 bits per heavy atom. The Morgan fingerprint density at radius 1 is 1.14 bits per heavy atom. The van der Waals surface area contributed by atoms with E-state index in [1.54, 1.807) is 0 Å². The molecule has 1 aliphatic heterocycles. The third-order valence-electron chi connectivity index (χ3n) is 4.33. The normalized spacial score (nSPS) is 15.7. The van der Waals surface area contributed by atoms with Gasteiger partial charge in [0.1, 0.15) is 11.5 Å². The molecule has 0 atom stereocenters. The minimum atomic E-state index is 0.0917. The summed E-state index contributed by atoms with van der Waals surface area (Å²) < 4.78 is 5.61. The minimum absolute atomic E-state index is 0.0917. The highest BCUT2D eigenvalue weighted by molar-refractivity contribution is 5.94. The van der Waals surface area contributed by atoms with Gasteiger partial charge < -0.3 is 14.6 Å². The van der Waals surface area contributed by atoms with Crippen molar-refractivity contribution in [2.45, 2.75) is 25.8 Å². The smallest absolute Gasteiger partial charge is 0.253 e. The highest BCUT2D eigenvalue weighted by Crippen LogP contribution is 2.23. The van der Waals surface area contributed by atoms with Crippen LogP contribution in [-0.2, 0) is 0 Å². The van der Waals surface area contributed by atoms with Gasteiger partial charge in [0.25, 0.3) is 5.91 Å². The lowest BCUT2D eigenvalue weighted by Crippen LogP contribution is -2.43. The van der Waals surface area contributed by atoms with Crippen LogP contribution >= 0.6 is 0 Å². The molecule has 0 aliphatic carbocycles. The van der Waals surface area contributed by atoms with E-state index in [4.69, 9.17) is 4.42 Å². The van der Waals surface area contributed by atoms with Gasteiger partial charge in [-0.25, -0.2) is 0 Å². The lowest BCUT2D eigenvalue weighted by molar-refractivity contribution is 0.0703. The molecule has 1 saturated heterocycles.